The second-order valence-corrected chi connectivity index (χ2v) is 4.70. The van der Waals surface area contributed by atoms with E-state index in [9.17, 15) is 14.0 Å². The van der Waals surface area contributed by atoms with Gasteiger partial charge in [0.1, 0.15) is 17.2 Å². The van der Waals surface area contributed by atoms with Crippen LogP contribution >= 0.6 is 0 Å². The van der Waals surface area contributed by atoms with Gasteiger partial charge in [0.25, 0.3) is 11.8 Å². The number of hydrogen-bond donors (Lipinski definition) is 2. The maximum Gasteiger partial charge on any atom is 0.270 e. The van der Waals surface area contributed by atoms with Gasteiger partial charge < -0.3 is 15.8 Å². The van der Waals surface area contributed by atoms with Crippen LogP contribution in [0.15, 0.2) is 24.3 Å². The molecule has 0 fully saturated rings. The van der Waals surface area contributed by atoms with Crippen LogP contribution in [0.5, 0.6) is 5.75 Å². The van der Waals surface area contributed by atoms with Gasteiger partial charge in [-0.1, -0.05) is 6.07 Å². The summed E-state index contributed by atoms with van der Waals surface area (Å²) in [6.07, 6.45) is 0. The number of halogens is 1. The summed E-state index contributed by atoms with van der Waals surface area (Å²) in [7, 11) is 1.36. The lowest BCUT2D eigenvalue weighted by atomic mass is 10.2. The number of amides is 2. The molecule has 1 heterocycles. The highest BCUT2D eigenvalue weighted by Gasteiger charge is 2.13. The molecule has 0 aliphatic rings. The van der Waals surface area contributed by atoms with Crippen LogP contribution in [0.3, 0.4) is 0 Å². The van der Waals surface area contributed by atoms with Crippen molar-refractivity contribution in [3.63, 3.8) is 0 Å². The van der Waals surface area contributed by atoms with E-state index in [1.165, 1.54) is 31.4 Å². The Morgan fingerprint density at radius 1 is 1.26 bits per heavy atom. The highest BCUT2D eigenvalue weighted by Crippen LogP contribution is 2.18. The SMILES string of the molecule is COc1cc(CNC(=O)c2cc(C(N)=O)nc(C)n2)ccc1F. The Bertz CT molecular complexity index is 764. The molecule has 0 atom stereocenters. The Kier molecular flexibility index (Phi) is 4.85. The van der Waals surface area contributed by atoms with Crippen LogP contribution in [-0.4, -0.2) is 28.9 Å². The number of aromatic nitrogens is 2. The summed E-state index contributed by atoms with van der Waals surface area (Å²) in [6.45, 7) is 1.69. The van der Waals surface area contributed by atoms with E-state index in [1.54, 1.807) is 6.92 Å². The summed E-state index contributed by atoms with van der Waals surface area (Å²) in [5, 5.41) is 2.62. The third-order valence-electron chi connectivity index (χ3n) is 2.99. The zero-order valence-electron chi connectivity index (χ0n) is 12.6. The Labute approximate surface area is 131 Å². The quantitative estimate of drug-likeness (QED) is 0.854. The second-order valence-electron chi connectivity index (χ2n) is 4.70. The fourth-order valence-electron chi connectivity index (χ4n) is 1.90. The lowest BCUT2D eigenvalue weighted by Crippen LogP contribution is -2.25. The topological polar surface area (TPSA) is 107 Å². The van der Waals surface area contributed by atoms with E-state index >= 15 is 0 Å². The predicted molar refractivity (Wildman–Crippen MR) is 79.4 cm³/mol. The molecule has 1 aromatic heterocycles. The number of hydrogen-bond acceptors (Lipinski definition) is 5. The van der Waals surface area contributed by atoms with Crippen molar-refractivity contribution in [3.05, 3.63) is 52.9 Å². The Balaban J connectivity index is 2.12. The zero-order valence-corrected chi connectivity index (χ0v) is 12.6. The Morgan fingerprint density at radius 2 is 1.96 bits per heavy atom. The van der Waals surface area contributed by atoms with E-state index in [1.807, 2.05) is 0 Å². The van der Waals surface area contributed by atoms with E-state index in [0.29, 0.717) is 5.56 Å². The van der Waals surface area contributed by atoms with Crippen LogP contribution < -0.4 is 15.8 Å². The molecule has 0 bridgehead atoms. The van der Waals surface area contributed by atoms with E-state index in [0.717, 1.165) is 0 Å². The van der Waals surface area contributed by atoms with Gasteiger partial charge in [0.15, 0.2) is 11.6 Å². The van der Waals surface area contributed by atoms with Crippen LogP contribution in [0.1, 0.15) is 32.4 Å². The smallest absolute Gasteiger partial charge is 0.270 e. The van der Waals surface area contributed by atoms with Crippen LogP contribution in [-0.2, 0) is 6.54 Å². The number of aryl methyl sites for hydroxylation is 1. The first-order chi connectivity index (χ1) is 10.9. The first kappa shape index (κ1) is 16.3. The summed E-state index contributed by atoms with van der Waals surface area (Å²) < 4.78 is 18.2. The third-order valence-corrected chi connectivity index (χ3v) is 2.99. The van der Waals surface area contributed by atoms with Gasteiger partial charge in [-0.3, -0.25) is 9.59 Å². The molecule has 0 aliphatic heterocycles. The number of benzene rings is 1. The molecule has 8 heteroatoms. The number of methoxy groups -OCH3 is 1. The number of carbonyl (C=O) groups is 2. The van der Waals surface area contributed by atoms with E-state index in [2.05, 4.69) is 15.3 Å². The minimum absolute atomic E-state index is 0.0281. The van der Waals surface area contributed by atoms with Crippen molar-refractivity contribution in [1.82, 2.24) is 15.3 Å². The number of nitrogens with zero attached hydrogens (tertiary/aromatic N) is 2. The Morgan fingerprint density at radius 3 is 2.61 bits per heavy atom. The first-order valence-corrected chi connectivity index (χ1v) is 6.67. The highest BCUT2D eigenvalue weighted by molar-refractivity contribution is 5.96. The lowest BCUT2D eigenvalue weighted by Gasteiger charge is -2.08. The van der Waals surface area contributed by atoms with Crippen LogP contribution in [0.25, 0.3) is 0 Å². The second kappa shape index (κ2) is 6.82. The number of carbonyl (C=O) groups excluding carboxylic acids is 2. The van der Waals surface area contributed by atoms with Gasteiger partial charge in [0, 0.05) is 12.6 Å². The molecule has 0 radical (unpaired) electrons. The zero-order chi connectivity index (χ0) is 17.0. The Hall–Kier alpha value is -3.03. The van der Waals surface area contributed by atoms with E-state index < -0.39 is 17.6 Å². The fourth-order valence-corrected chi connectivity index (χ4v) is 1.90. The molecule has 2 amide bonds. The average Bonchev–Trinajstić information content (AvgIpc) is 2.53. The first-order valence-electron chi connectivity index (χ1n) is 6.67. The third kappa shape index (κ3) is 4.00. The van der Waals surface area contributed by atoms with Crippen molar-refractivity contribution >= 4 is 11.8 Å². The summed E-state index contributed by atoms with van der Waals surface area (Å²) in [4.78, 5) is 31.1. The maximum atomic E-state index is 13.3. The molecule has 0 aliphatic carbocycles. The van der Waals surface area contributed by atoms with Crippen molar-refractivity contribution in [1.29, 1.82) is 0 Å². The van der Waals surface area contributed by atoms with Gasteiger partial charge in [-0.25, -0.2) is 14.4 Å². The van der Waals surface area contributed by atoms with Gasteiger partial charge in [0.05, 0.1) is 7.11 Å². The van der Waals surface area contributed by atoms with Gasteiger partial charge in [-0.15, -0.1) is 0 Å². The van der Waals surface area contributed by atoms with Crippen molar-refractivity contribution in [2.45, 2.75) is 13.5 Å². The maximum absolute atomic E-state index is 13.3. The molecular weight excluding hydrogens is 303 g/mol. The van der Waals surface area contributed by atoms with Crippen molar-refractivity contribution in [3.8, 4) is 5.75 Å². The van der Waals surface area contributed by atoms with Gasteiger partial charge >= 0.3 is 0 Å². The van der Waals surface area contributed by atoms with Gasteiger partial charge in [-0.05, 0) is 24.6 Å². The summed E-state index contributed by atoms with van der Waals surface area (Å²) >= 11 is 0. The molecule has 23 heavy (non-hydrogen) atoms. The standard InChI is InChI=1S/C15H15FN4O3/c1-8-19-11(14(17)21)6-12(20-8)15(22)18-7-9-3-4-10(16)13(5-9)23-2/h3-6H,7H2,1-2H3,(H2,17,21)(H,18,22). The van der Waals surface area contributed by atoms with Gasteiger partial charge in [0.2, 0.25) is 0 Å². The molecular formula is C15H15FN4O3. The van der Waals surface area contributed by atoms with E-state index in [4.69, 9.17) is 10.5 Å². The fraction of sp³-hybridized carbons (Fsp3) is 0.200. The highest BCUT2D eigenvalue weighted by atomic mass is 19.1. The molecule has 0 unspecified atom stereocenters. The number of nitrogens with one attached hydrogen (secondary N) is 1. The van der Waals surface area contributed by atoms with Crippen molar-refractivity contribution in [2.75, 3.05) is 7.11 Å². The summed E-state index contributed by atoms with van der Waals surface area (Å²) in [5.41, 5.74) is 5.80. The van der Waals surface area contributed by atoms with Crippen molar-refractivity contribution in [2.24, 2.45) is 5.73 Å². The van der Waals surface area contributed by atoms with Gasteiger partial charge in [-0.2, -0.15) is 0 Å². The molecule has 2 aromatic rings. The number of ether oxygens (including phenoxy) is 1. The minimum atomic E-state index is -0.743. The normalized spacial score (nSPS) is 10.2. The molecule has 0 saturated heterocycles. The lowest BCUT2D eigenvalue weighted by molar-refractivity contribution is 0.0945. The van der Waals surface area contributed by atoms with Crippen LogP contribution in [0, 0.1) is 12.7 Å². The molecule has 3 N–H and O–H groups in total. The molecule has 0 spiro atoms. The monoisotopic (exact) mass is 318 g/mol. The largest absolute Gasteiger partial charge is 0.494 e. The predicted octanol–water partition coefficient (Wildman–Crippen LogP) is 0.962. The minimum Gasteiger partial charge on any atom is -0.494 e. The molecule has 120 valence electrons. The van der Waals surface area contributed by atoms with Crippen LogP contribution in [0.2, 0.25) is 0 Å². The number of primary amides is 1. The molecule has 0 saturated carbocycles. The molecule has 2 rings (SSSR count). The van der Waals surface area contributed by atoms with Crippen molar-refractivity contribution < 1.29 is 18.7 Å². The molecule has 1 aromatic carbocycles. The summed E-state index contributed by atoms with van der Waals surface area (Å²) in [5.74, 6) is -1.38. The average molecular weight is 318 g/mol. The molecule has 7 nitrogen and oxygen atoms in total. The summed E-state index contributed by atoms with van der Waals surface area (Å²) in [6, 6.07) is 5.48. The van der Waals surface area contributed by atoms with Crippen LogP contribution in [0.4, 0.5) is 4.39 Å². The number of rotatable bonds is 5. The van der Waals surface area contributed by atoms with E-state index in [-0.39, 0.29) is 29.5 Å². The number of nitrogens with two attached hydrogens (primary N) is 1.